The first kappa shape index (κ1) is 21.5. The van der Waals surface area contributed by atoms with Crippen LogP contribution in [0.1, 0.15) is 24.3 Å². The first-order valence-electron chi connectivity index (χ1n) is 10.0. The van der Waals surface area contributed by atoms with Crippen molar-refractivity contribution in [2.45, 2.75) is 19.9 Å². The van der Waals surface area contributed by atoms with Crippen LogP contribution in [0.3, 0.4) is 0 Å². The van der Waals surface area contributed by atoms with Crippen molar-refractivity contribution in [1.82, 2.24) is 19.7 Å². The molecule has 9 nitrogen and oxygen atoms in total. The molecule has 0 radical (unpaired) electrons. The number of nitrogens with one attached hydrogen (secondary N) is 1. The maximum Gasteiger partial charge on any atom is 0.409 e. The van der Waals surface area contributed by atoms with Crippen LogP contribution in [0.5, 0.6) is 5.75 Å². The summed E-state index contributed by atoms with van der Waals surface area (Å²) in [5.41, 5.74) is 1.36. The highest BCUT2D eigenvalue weighted by molar-refractivity contribution is 6.01. The highest BCUT2D eigenvalue weighted by Crippen LogP contribution is 2.23. The number of aromatic nitrogens is 1. The predicted molar refractivity (Wildman–Crippen MR) is 112 cm³/mol. The molecule has 0 aliphatic carbocycles. The van der Waals surface area contributed by atoms with Crippen molar-refractivity contribution >= 4 is 28.8 Å². The molecular formula is C21H28N4O5. The Labute approximate surface area is 175 Å². The topological polar surface area (TPSA) is 93.1 Å². The van der Waals surface area contributed by atoms with Crippen LogP contribution in [0.2, 0.25) is 0 Å². The fourth-order valence-electron chi connectivity index (χ4n) is 3.60. The van der Waals surface area contributed by atoms with Gasteiger partial charge in [0.1, 0.15) is 17.5 Å². The van der Waals surface area contributed by atoms with Gasteiger partial charge in [-0.2, -0.15) is 0 Å². The first-order chi connectivity index (χ1) is 14.3. The van der Waals surface area contributed by atoms with Crippen LogP contribution in [-0.2, 0) is 16.6 Å². The molecule has 1 fully saturated rings. The lowest BCUT2D eigenvalue weighted by molar-refractivity contribution is -0.134. The van der Waals surface area contributed by atoms with Crippen LogP contribution in [0.4, 0.5) is 4.79 Å². The van der Waals surface area contributed by atoms with Gasteiger partial charge < -0.3 is 29.2 Å². The minimum atomic E-state index is -0.681. The van der Waals surface area contributed by atoms with E-state index in [2.05, 4.69) is 5.32 Å². The molecule has 3 amide bonds. The third-order valence-corrected chi connectivity index (χ3v) is 5.32. The van der Waals surface area contributed by atoms with Crippen LogP contribution in [0.15, 0.2) is 24.3 Å². The quantitative estimate of drug-likeness (QED) is 0.799. The van der Waals surface area contributed by atoms with Gasteiger partial charge in [-0.15, -0.1) is 0 Å². The molecule has 0 unspecified atom stereocenters. The van der Waals surface area contributed by atoms with Gasteiger partial charge in [-0.05, 0) is 38.1 Å². The molecule has 30 heavy (non-hydrogen) atoms. The van der Waals surface area contributed by atoms with Crippen molar-refractivity contribution in [3.63, 3.8) is 0 Å². The normalized spacial score (nSPS) is 15.1. The maximum atomic E-state index is 12.8. The molecule has 1 aliphatic heterocycles. The van der Waals surface area contributed by atoms with E-state index in [4.69, 9.17) is 9.47 Å². The first-order valence-corrected chi connectivity index (χ1v) is 10.0. The molecule has 1 saturated heterocycles. The van der Waals surface area contributed by atoms with Crippen molar-refractivity contribution in [2.24, 2.45) is 7.05 Å². The summed E-state index contributed by atoms with van der Waals surface area (Å²) in [4.78, 5) is 40.6. The lowest BCUT2D eigenvalue weighted by atomic mass is 10.2. The lowest BCUT2D eigenvalue weighted by Crippen LogP contribution is -2.55. The van der Waals surface area contributed by atoms with E-state index < -0.39 is 6.04 Å². The Bertz CT molecular complexity index is 946. The van der Waals surface area contributed by atoms with E-state index in [9.17, 15) is 14.4 Å². The van der Waals surface area contributed by atoms with Crippen LogP contribution in [-0.4, -0.2) is 78.2 Å². The van der Waals surface area contributed by atoms with Gasteiger partial charge in [0.05, 0.1) is 13.7 Å². The summed E-state index contributed by atoms with van der Waals surface area (Å²) in [6, 6.07) is 6.69. The number of piperazine rings is 1. The zero-order valence-electron chi connectivity index (χ0n) is 17.8. The van der Waals surface area contributed by atoms with E-state index >= 15 is 0 Å². The number of hydrogen-bond donors (Lipinski definition) is 1. The molecule has 1 atom stereocenters. The smallest absolute Gasteiger partial charge is 0.409 e. The largest absolute Gasteiger partial charge is 0.497 e. The molecule has 1 aromatic heterocycles. The molecular weight excluding hydrogens is 388 g/mol. The van der Waals surface area contributed by atoms with Gasteiger partial charge in [-0.1, -0.05) is 0 Å². The number of benzene rings is 1. The Balaban J connectivity index is 1.62. The maximum absolute atomic E-state index is 12.8. The Hall–Kier alpha value is -3.23. The van der Waals surface area contributed by atoms with Crippen molar-refractivity contribution in [3.8, 4) is 5.75 Å². The van der Waals surface area contributed by atoms with Crippen molar-refractivity contribution in [1.29, 1.82) is 0 Å². The zero-order chi connectivity index (χ0) is 21.8. The van der Waals surface area contributed by atoms with Crippen LogP contribution < -0.4 is 10.1 Å². The molecule has 9 heteroatoms. The molecule has 0 bridgehead atoms. The average Bonchev–Trinajstić information content (AvgIpc) is 3.09. The van der Waals surface area contributed by atoms with Gasteiger partial charge in [0, 0.05) is 44.1 Å². The van der Waals surface area contributed by atoms with Crippen LogP contribution >= 0.6 is 0 Å². The van der Waals surface area contributed by atoms with Crippen LogP contribution in [0, 0.1) is 0 Å². The Morgan fingerprint density at radius 2 is 1.77 bits per heavy atom. The van der Waals surface area contributed by atoms with E-state index in [0.717, 1.165) is 10.9 Å². The highest BCUT2D eigenvalue weighted by atomic mass is 16.6. The third-order valence-electron chi connectivity index (χ3n) is 5.32. The van der Waals surface area contributed by atoms with Gasteiger partial charge >= 0.3 is 6.09 Å². The monoisotopic (exact) mass is 416 g/mol. The van der Waals surface area contributed by atoms with E-state index in [1.54, 1.807) is 41.4 Å². The Morgan fingerprint density at radius 1 is 1.10 bits per heavy atom. The molecule has 3 rings (SSSR count). The number of nitrogens with zero attached hydrogens (tertiary/aromatic N) is 3. The van der Waals surface area contributed by atoms with Crippen LogP contribution in [0.25, 0.3) is 10.9 Å². The molecule has 2 aromatic rings. The summed E-state index contributed by atoms with van der Waals surface area (Å²) < 4.78 is 12.0. The summed E-state index contributed by atoms with van der Waals surface area (Å²) in [7, 11) is 3.41. The van der Waals surface area contributed by atoms with Gasteiger partial charge in [0.15, 0.2) is 0 Å². The second-order valence-electron chi connectivity index (χ2n) is 7.22. The number of hydrogen-bond acceptors (Lipinski definition) is 5. The second kappa shape index (κ2) is 9.06. The summed E-state index contributed by atoms with van der Waals surface area (Å²) >= 11 is 0. The van der Waals surface area contributed by atoms with E-state index in [1.165, 1.54) is 0 Å². The fourth-order valence-corrected chi connectivity index (χ4v) is 3.60. The average molecular weight is 416 g/mol. The molecule has 0 saturated carbocycles. The zero-order valence-corrected chi connectivity index (χ0v) is 17.8. The van der Waals surface area contributed by atoms with E-state index in [-0.39, 0.29) is 17.9 Å². The predicted octanol–water partition coefficient (Wildman–Crippen LogP) is 1.61. The summed E-state index contributed by atoms with van der Waals surface area (Å²) in [6.45, 7) is 5.39. The minimum Gasteiger partial charge on any atom is -0.497 e. The molecule has 0 spiro atoms. The number of carbonyl (C=O) groups excluding carboxylic acids is 3. The van der Waals surface area contributed by atoms with Gasteiger partial charge in [0.2, 0.25) is 5.91 Å². The lowest BCUT2D eigenvalue weighted by Gasteiger charge is -2.35. The third kappa shape index (κ3) is 4.34. The van der Waals surface area contributed by atoms with Crippen molar-refractivity contribution in [2.75, 3.05) is 39.9 Å². The molecule has 1 aliphatic rings. The van der Waals surface area contributed by atoms with E-state index in [1.807, 2.05) is 25.2 Å². The Kier molecular flexibility index (Phi) is 6.49. The number of amides is 3. The number of carbonyl (C=O) groups is 3. The summed E-state index contributed by atoms with van der Waals surface area (Å²) in [5, 5.41) is 3.68. The highest BCUT2D eigenvalue weighted by Gasteiger charge is 2.28. The standard InChI is InChI=1S/C21H28N4O5/c1-5-30-21(28)25-10-8-24(9-11-25)20(27)14(2)22-19(26)18-13-15-12-16(29-4)6-7-17(15)23(18)3/h6-7,12-14H,5,8-11H2,1-4H3,(H,22,26)/t14-/m0/s1. The SMILES string of the molecule is CCOC(=O)N1CCN(C(=O)[C@H](C)NC(=O)c2cc3cc(OC)ccc3n2C)CC1. The van der Waals surface area contributed by atoms with Crippen molar-refractivity contribution < 1.29 is 23.9 Å². The van der Waals surface area contributed by atoms with Gasteiger partial charge in [-0.3, -0.25) is 9.59 Å². The number of rotatable bonds is 5. The fraction of sp³-hybridized carbons (Fsp3) is 0.476. The molecule has 1 aromatic carbocycles. The number of aryl methyl sites for hydroxylation is 1. The summed E-state index contributed by atoms with van der Waals surface area (Å²) in [6.07, 6.45) is -0.363. The minimum absolute atomic E-state index is 0.174. The van der Waals surface area contributed by atoms with Gasteiger partial charge in [-0.25, -0.2) is 4.79 Å². The number of fused-ring (bicyclic) bond motifs is 1. The molecule has 2 heterocycles. The Morgan fingerprint density at radius 3 is 2.40 bits per heavy atom. The number of ether oxygens (including phenoxy) is 2. The summed E-state index contributed by atoms with van der Waals surface area (Å²) in [5.74, 6) is 0.219. The van der Waals surface area contributed by atoms with Crippen molar-refractivity contribution in [3.05, 3.63) is 30.0 Å². The molecule has 1 N–H and O–H groups in total. The molecule has 162 valence electrons. The second-order valence-corrected chi connectivity index (χ2v) is 7.22. The van der Waals surface area contributed by atoms with E-state index in [0.29, 0.717) is 44.2 Å². The number of methoxy groups -OCH3 is 1. The van der Waals surface area contributed by atoms with Gasteiger partial charge in [0.25, 0.3) is 5.91 Å².